The van der Waals surface area contributed by atoms with Crippen LogP contribution in [0.25, 0.3) is 0 Å². The minimum absolute atomic E-state index is 0.110. The Balaban J connectivity index is 1.48. The first-order valence-corrected chi connectivity index (χ1v) is 16.2. The third-order valence-electron chi connectivity index (χ3n) is 8.39. The Morgan fingerprint density at radius 1 is 1.02 bits per heavy atom. The van der Waals surface area contributed by atoms with E-state index in [-0.39, 0.29) is 47.0 Å². The molecule has 2 fully saturated rings. The van der Waals surface area contributed by atoms with Gasteiger partial charge in [-0.3, -0.25) is 9.59 Å². The molecule has 1 aliphatic carbocycles. The number of rotatable bonds is 9. The summed E-state index contributed by atoms with van der Waals surface area (Å²) in [6.45, 7) is 1.89. The van der Waals surface area contributed by atoms with Crippen molar-refractivity contribution in [3.05, 3.63) is 98.7 Å². The predicted molar refractivity (Wildman–Crippen MR) is 160 cm³/mol. The van der Waals surface area contributed by atoms with Crippen LogP contribution in [0.5, 0.6) is 0 Å². The molecule has 3 aromatic carbocycles. The quantitative estimate of drug-likeness (QED) is 0.241. The van der Waals surface area contributed by atoms with Gasteiger partial charge in [0.15, 0.2) is 9.84 Å². The highest BCUT2D eigenvalue weighted by molar-refractivity contribution is 7.92. The lowest BCUT2D eigenvalue weighted by Crippen LogP contribution is -2.52. The van der Waals surface area contributed by atoms with Gasteiger partial charge in [0.2, 0.25) is 5.91 Å². The second-order valence-electron chi connectivity index (χ2n) is 11.4. The summed E-state index contributed by atoms with van der Waals surface area (Å²) < 4.78 is 40.1. The van der Waals surface area contributed by atoms with Crippen LogP contribution in [-0.2, 0) is 19.4 Å². The van der Waals surface area contributed by atoms with Crippen molar-refractivity contribution in [2.24, 2.45) is 11.3 Å². The average molecular weight is 653 g/mol. The number of aliphatic carboxylic acids is 1. The minimum Gasteiger partial charge on any atom is -0.481 e. The van der Waals surface area contributed by atoms with Gasteiger partial charge in [-0.05, 0) is 78.8 Å². The molecule has 3 aromatic rings. The molecule has 5 rings (SSSR count). The van der Waals surface area contributed by atoms with E-state index in [0.29, 0.717) is 22.9 Å². The lowest BCUT2D eigenvalue weighted by molar-refractivity contribution is -0.157. The molecule has 1 saturated carbocycles. The van der Waals surface area contributed by atoms with Gasteiger partial charge in [-0.25, -0.2) is 12.8 Å². The van der Waals surface area contributed by atoms with E-state index in [1.54, 1.807) is 30.0 Å². The molecule has 6 nitrogen and oxygen atoms in total. The number of carboxylic acid groups (broad SMARTS) is 1. The molecule has 0 radical (unpaired) electrons. The first-order chi connectivity index (χ1) is 19.8. The Hall–Kier alpha value is -2.65. The van der Waals surface area contributed by atoms with Gasteiger partial charge in [-0.1, -0.05) is 66.0 Å². The number of amides is 1. The average Bonchev–Trinajstić information content (AvgIpc) is 3.70. The number of carboxylic acids is 1. The maximum atomic E-state index is 14.1. The van der Waals surface area contributed by atoms with Crippen LogP contribution in [0.4, 0.5) is 4.39 Å². The van der Waals surface area contributed by atoms with Crippen molar-refractivity contribution >= 4 is 56.5 Å². The molecule has 5 atom stereocenters. The van der Waals surface area contributed by atoms with Crippen LogP contribution in [0, 0.1) is 17.2 Å². The summed E-state index contributed by atoms with van der Waals surface area (Å²) in [5, 5.41) is 9.93. The molecular formula is C31H29Cl3FNO5S. The number of benzene rings is 3. The topological polar surface area (TPSA) is 91.8 Å². The van der Waals surface area contributed by atoms with Gasteiger partial charge in [0.05, 0.1) is 33.0 Å². The number of sulfone groups is 1. The lowest BCUT2D eigenvalue weighted by atomic mass is 9.67. The molecule has 1 aliphatic heterocycles. The molecule has 222 valence electrons. The zero-order valence-corrected chi connectivity index (χ0v) is 25.7. The smallest absolute Gasteiger partial charge is 0.304 e. The number of hydrogen-bond donors (Lipinski definition) is 1. The number of piperidine rings is 1. The number of hydrogen-bond acceptors (Lipinski definition) is 4. The van der Waals surface area contributed by atoms with E-state index >= 15 is 0 Å². The van der Waals surface area contributed by atoms with E-state index in [2.05, 4.69) is 0 Å². The molecule has 0 bridgehead atoms. The Labute approximate surface area is 259 Å². The monoisotopic (exact) mass is 651 g/mol. The van der Waals surface area contributed by atoms with Gasteiger partial charge >= 0.3 is 5.97 Å². The fourth-order valence-electron chi connectivity index (χ4n) is 6.28. The summed E-state index contributed by atoms with van der Waals surface area (Å²) in [6.07, 6.45) is 0.694. The van der Waals surface area contributed by atoms with Crippen LogP contribution < -0.4 is 0 Å². The second kappa shape index (κ2) is 11.8. The third-order valence-corrected chi connectivity index (χ3v) is 11.6. The molecule has 1 amide bonds. The highest BCUT2D eigenvalue weighted by Gasteiger charge is 2.52. The van der Waals surface area contributed by atoms with Gasteiger partial charge in [-0.2, -0.15) is 0 Å². The molecule has 0 spiro atoms. The van der Waals surface area contributed by atoms with Crippen LogP contribution in [0.1, 0.15) is 55.7 Å². The predicted octanol–water partition coefficient (Wildman–Crippen LogP) is 7.58. The summed E-state index contributed by atoms with van der Waals surface area (Å²) in [6, 6.07) is 17.3. The molecule has 1 saturated heterocycles. The summed E-state index contributed by atoms with van der Waals surface area (Å²) in [7, 11) is -3.81. The first-order valence-electron chi connectivity index (χ1n) is 13.5. The van der Waals surface area contributed by atoms with E-state index in [1.807, 2.05) is 30.3 Å². The summed E-state index contributed by atoms with van der Waals surface area (Å²) in [5.74, 6) is -2.53. The molecule has 0 aromatic heterocycles. The largest absolute Gasteiger partial charge is 0.481 e. The number of halogens is 4. The second-order valence-corrected chi connectivity index (χ2v) is 14.8. The van der Waals surface area contributed by atoms with Crippen molar-refractivity contribution in [2.75, 3.05) is 6.54 Å². The highest BCUT2D eigenvalue weighted by Crippen LogP contribution is 2.52. The van der Waals surface area contributed by atoms with Crippen molar-refractivity contribution in [3.8, 4) is 0 Å². The molecule has 2 aliphatic rings. The standard InChI is InChI=1S/C31H29Cl3FNO5S/c1-31(17-28(37)38)16-24(19-3-2-4-22(33)13-19)29(18-5-7-21(32)8-6-18)36(30(31)39)12-11-20-14-27(20)42(40,41)26-10-9-23(35)15-25(26)34/h2-10,13,15,20,24,27,29H,11-12,14,16-17H2,1H3,(H,37,38). The van der Waals surface area contributed by atoms with Gasteiger partial charge in [-0.15, -0.1) is 0 Å². The number of carbonyl (C=O) groups is 2. The fraction of sp³-hybridized carbons (Fsp3) is 0.355. The van der Waals surface area contributed by atoms with E-state index in [4.69, 9.17) is 34.8 Å². The SMILES string of the molecule is CC1(CC(=O)O)CC(c2cccc(Cl)c2)C(c2ccc(Cl)cc2)N(CCC2CC2S(=O)(=O)c2ccc(F)cc2Cl)C1=O. The van der Waals surface area contributed by atoms with Crippen molar-refractivity contribution in [1.29, 1.82) is 0 Å². The Kier molecular flexibility index (Phi) is 8.65. The molecule has 1 heterocycles. The molecular weight excluding hydrogens is 624 g/mol. The van der Waals surface area contributed by atoms with Crippen molar-refractivity contribution in [1.82, 2.24) is 4.90 Å². The Morgan fingerprint density at radius 2 is 1.74 bits per heavy atom. The van der Waals surface area contributed by atoms with Crippen LogP contribution in [-0.4, -0.2) is 42.1 Å². The van der Waals surface area contributed by atoms with Crippen molar-refractivity contribution in [2.45, 2.75) is 54.7 Å². The van der Waals surface area contributed by atoms with E-state index in [0.717, 1.165) is 23.3 Å². The van der Waals surface area contributed by atoms with Gasteiger partial charge in [0.25, 0.3) is 0 Å². The van der Waals surface area contributed by atoms with Crippen LogP contribution in [0.15, 0.2) is 71.6 Å². The van der Waals surface area contributed by atoms with Crippen LogP contribution in [0.2, 0.25) is 15.1 Å². The lowest BCUT2D eigenvalue weighted by Gasteiger charge is -2.49. The maximum absolute atomic E-state index is 14.1. The van der Waals surface area contributed by atoms with Gasteiger partial charge in [0, 0.05) is 22.5 Å². The minimum atomic E-state index is -3.81. The molecule has 42 heavy (non-hydrogen) atoms. The normalized spacial score (nSPS) is 25.8. The summed E-state index contributed by atoms with van der Waals surface area (Å²) >= 11 is 18.6. The van der Waals surface area contributed by atoms with Crippen LogP contribution >= 0.6 is 34.8 Å². The summed E-state index contributed by atoms with van der Waals surface area (Å²) in [4.78, 5) is 27.6. The highest BCUT2D eigenvalue weighted by atomic mass is 35.5. The van der Waals surface area contributed by atoms with E-state index in [9.17, 15) is 27.5 Å². The Morgan fingerprint density at radius 3 is 2.38 bits per heavy atom. The number of likely N-dealkylation sites (tertiary alicyclic amines) is 1. The zero-order chi connectivity index (χ0) is 30.4. The van der Waals surface area contributed by atoms with Crippen molar-refractivity contribution < 1.29 is 27.5 Å². The Bertz CT molecular complexity index is 1630. The first kappa shape index (κ1) is 30.8. The zero-order valence-electron chi connectivity index (χ0n) is 22.6. The molecule has 5 unspecified atom stereocenters. The van der Waals surface area contributed by atoms with Gasteiger partial charge < -0.3 is 10.0 Å². The molecule has 1 N–H and O–H groups in total. The molecule has 11 heteroatoms. The third kappa shape index (κ3) is 6.18. The van der Waals surface area contributed by atoms with Gasteiger partial charge in [0.1, 0.15) is 5.82 Å². The van der Waals surface area contributed by atoms with E-state index < -0.39 is 38.3 Å². The van der Waals surface area contributed by atoms with Crippen molar-refractivity contribution in [3.63, 3.8) is 0 Å². The fourth-order valence-corrected chi connectivity index (χ4v) is 9.16. The van der Waals surface area contributed by atoms with Crippen LogP contribution in [0.3, 0.4) is 0 Å². The number of carbonyl (C=O) groups excluding carboxylic acids is 1. The summed E-state index contributed by atoms with van der Waals surface area (Å²) in [5.41, 5.74) is 0.501. The number of nitrogens with zero attached hydrogens (tertiary/aromatic N) is 1. The maximum Gasteiger partial charge on any atom is 0.304 e. The van der Waals surface area contributed by atoms with E-state index in [1.165, 1.54) is 6.07 Å².